The van der Waals surface area contributed by atoms with Crippen LogP contribution in [-0.4, -0.2) is 30.4 Å². The second-order valence-electron chi connectivity index (χ2n) is 3.94. The molecule has 0 saturated carbocycles. The minimum Gasteiger partial charge on any atom is -0.468 e. The Hall–Kier alpha value is -1.29. The smallest absolute Gasteiger partial charge is 0.315 e. The lowest BCUT2D eigenvalue weighted by molar-refractivity contribution is -0.137. The molecule has 4 heteroatoms. The average molecular weight is 266 g/mol. The Morgan fingerprint density at radius 2 is 1.83 bits per heavy atom. The first-order valence-electron chi connectivity index (χ1n) is 5.94. The number of thioether (sulfide) groups is 1. The van der Waals surface area contributed by atoms with Crippen LogP contribution in [0.2, 0.25) is 0 Å². The molecular weight excluding hydrogens is 248 g/mol. The molecule has 1 aromatic carbocycles. The lowest BCUT2D eigenvalue weighted by atomic mass is 10.1. The summed E-state index contributed by atoms with van der Waals surface area (Å²) in [6, 6.07) is 7.68. The number of ether oxygens (including phenoxy) is 1. The van der Waals surface area contributed by atoms with Gasteiger partial charge in [-0.2, -0.15) is 0 Å². The number of rotatable bonds is 7. The number of carbonyl (C=O) groups is 2. The minimum atomic E-state index is -0.300. The van der Waals surface area contributed by atoms with Crippen molar-refractivity contribution in [2.24, 2.45) is 0 Å². The first-order chi connectivity index (χ1) is 8.67. The van der Waals surface area contributed by atoms with E-state index in [0.717, 1.165) is 12.8 Å². The SMILES string of the molecule is CCCc1ccc(C(=O)CSCC(=O)OC)cc1. The predicted molar refractivity (Wildman–Crippen MR) is 74.1 cm³/mol. The summed E-state index contributed by atoms with van der Waals surface area (Å²) >= 11 is 1.28. The van der Waals surface area contributed by atoms with Crippen LogP contribution in [0.4, 0.5) is 0 Å². The van der Waals surface area contributed by atoms with Crippen molar-refractivity contribution in [1.29, 1.82) is 0 Å². The first kappa shape index (κ1) is 14.8. The molecule has 0 atom stereocenters. The van der Waals surface area contributed by atoms with Gasteiger partial charge in [0.25, 0.3) is 0 Å². The molecular formula is C14H18O3S. The molecule has 1 rings (SSSR count). The molecule has 0 amide bonds. The van der Waals surface area contributed by atoms with Crippen molar-refractivity contribution < 1.29 is 14.3 Å². The topological polar surface area (TPSA) is 43.4 Å². The average Bonchev–Trinajstić information content (AvgIpc) is 2.39. The molecule has 0 spiro atoms. The Labute approximate surface area is 112 Å². The van der Waals surface area contributed by atoms with Gasteiger partial charge in [-0.15, -0.1) is 11.8 Å². The van der Waals surface area contributed by atoms with Crippen LogP contribution >= 0.6 is 11.8 Å². The van der Waals surface area contributed by atoms with Gasteiger partial charge in [0, 0.05) is 5.56 Å². The lowest BCUT2D eigenvalue weighted by Gasteiger charge is -2.03. The van der Waals surface area contributed by atoms with E-state index in [1.54, 1.807) is 0 Å². The molecule has 0 N–H and O–H groups in total. The largest absolute Gasteiger partial charge is 0.468 e. The second kappa shape index (κ2) is 7.93. The van der Waals surface area contributed by atoms with Crippen molar-refractivity contribution in [3.63, 3.8) is 0 Å². The summed E-state index contributed by atoms with van der Waals surface area (Å²) in [5, 5.41) is 0. The number of Topliss-reactive ketones (excluding diaryl/α,β-unsaturated/α-hetero) is 1. The van der Waals surface area contributed by atoms with Gasteiger partial charge in [0.1, 0.15) is 0 Å². The van der Waals surface area contributed by atoms with E-state index in [1.807, 2.05) is 24.3 Å². The minimum absolute atomic E-state index is 0.0481. The van der Waals surface area contributed by atoms with Gasteiger partial charge in [-0.1, -0.05) is 37.6 Å². The number of carbonyl (C=O) groups excluding carboxylic acids is 2. The van der Waals surface area contributed by atoms with Crippen LogP contribution in [0, 0.1) is 0 Å². The Balaban J connectivity index is 2.44. The molecule has 0 fully saturated rings. The maximum atomic E-state index is 11.8. The number of benzene rings is 1. The monoisotopic (exact) mass is 266 g/mol. The van der Waals surface area contributed by atoms with E-state index in [9.17, 15) is 9.59 Å². The van der Waals surface area contributed by atoms with E-state index in [2.05, 4.69) is 11.7 Å². The van der Waals surface area contributed by atoms with Gasteiger partial charge in [0.15, 0.2) is 5.78 Å². The van der Waals surface area contributed by atoms with Crippen molar-refractivity contribution in [1.82, 2.24) is 0 Å². The predicted octanol–water partition coefficient (Wildman–Crippen LogP) is 2.73. The summed E-state index contributed by atoms with van der Waals surface area (Å²) in [6.45, 7) is 2.13. The van der Waals surface area contributed by atoms with E-state index in [4.69, 9.17) is 0 Å². The Kier molecular flexibility index (Phi) is 6.50. The van der Waals surface area contributed by atoms with Crippen LogP contribution in [0.3, 0.4) is 0 Å². The molecule has 0 heterocycles. The molecule has 98 valence electrons. The molecule has 18 heavy (non-hydrogen) atoms. The second-order valence-corrected chi connectivity index (χ2v) is 4.92. The van der Waals surface area contributed by atoms with Gasteiger partial charge in [-0.05, 0) is 12.0 Å². The third-order valence-electron chi connectivity index (χ3n) is 2.50. The van der Waals surface area contributed by atoms with Gasteiger partial charge in [0.05, 0.1) is 18.6 Å². The number of methoxy groups -OCH3 is 1. The quantitative estimate of drug-likeness (QED) is 0.562. The number of esters is 1. The fourth-order valence-corrected chi connectivity index (χ4v) is 2.25. The molecule has 0 radical (unpaired) electrons. The number of ketones is 1. The molecule has 0 aromatic heterocycles. The first-order valence-corrected chi connectivity index (χ1v) is 7.09. The highest BCUT2D eigenvalue weighted by Gasteiger charge is 2.08. The summed E-state index contributed by atoms with van der Waals surface area (Å²) < 4.78 is 4.51. The van der Waals surface area contributed by atoms with Gasteiger partial charge in [-0.3, -0.25) is 9.59 Å². The van der Waals surface area contributed by atoms with Gasteiger partial charge in [0.2, 0.25) is 0 Å². The maximum Gasteiger partial charge on any atom is 0.315 e. The molecule has 1 aromatic rings. The van der Waals surface area contributed by atoms with E-state index in [0.29, 0.717) is 11.3 Å². The molecule has 3 nitrogen and oxygen atoms in total. The summed E-state index contributed by atoms with van der Waals surface area (Å²) in [6.07, 6.45) is 2.13. The van der Waals surface area contributed by atoms with Crippen LogP contribution in [0.25, 0.3) is 0 Å². The van der Waals surface area contributed by atoms with E-state index >= 15 is 0 Å². The molecule has 0 bridgehead atoms. The normalized spacial score (nSPS) is 10.1. The van der Waals surface area contributed by atoms with Crippen molar-refractivity contribution >= 4 is 23.5 Å². The maximum absolute atomic E-state index is 11.8. The van der Waals surface area contributed by atoms with Crippen molar-refractivity contribution in [3.8, 4) is 0 Å². The Morgan fingerprint density at radius 3 is 2.39 bits per heavy atom. The highest BCUT2D eigenvalue weighted by Crippen LogP contribution is 2.10. The summed E-state index contributed by atoms with van der Waals surface area (Å²) in [4.78, 5) is 22.7. The van der Waals surface area contributed by atoms with Crippen LogP contribution < -0.4 is 0 Å². The van der Waals surface area contributed by atoms with E-state index in [1.165, 1.54) is 24.4 Å². The standard InChI is InChI=1S/C14H18O3S/c1-3-4-11-5-7-12(8-6-11)13(15)9-18-10-14(16)17-2/h5-8H,3-4,9-10H2,1-2H3. The van der Waals surface area contributed by atoms with Crippen LogP contribution in [0.1, 0.15) is 29.3 Å². The lowest BCUT2D eigenvalue weighted by Crippen LogP contribution is -2.08. The Bertz CT molecular complexity index is 398. The third kappa shape index (κ3) is 4.92. The van der Waals surface area contributed by atoms with Gasteiger partial charge < -0.3 is 4.74 Å². The summed E-state index contributed by atoms with van der Waals surface area (Å²) in [7, 11) is 1.34. The summed E-state index contributed by atoms with van der Waals surface area (Å²) in [5.74, 6) is 0.274. The zero-order valence-electron chi connectivity index (χ0n) is 10.8. The Morgan fingerprint density at radius 1 is 1.17 bits per heavy atom. The molecule has 0 aliphatic heterocycles. The third-order valence-corrected chi connectivity index (χ3v) is 3.40. The molecule has 0 saturated heterocycles. The fourth-order valence-electron chi connectivity index (χ4n) is 1.52. The van der Waals surface area contributed by atoms with Crippen molar-refractivity contribution in [3.05, 3.63) is 35.4 Å². The van der Waals surface area contributed by atoms with Crippen LogP contribution in [0.5, 0.6) is 0 Å². The fraction of sp³-hybridized carbons (Fsp3) is 0.429. The van der Waals surface area contributed by atoms with Crippen LogP contribution in [-0.2, 0) is 16.0 Å². The molecule has 0 aliphatic rings. The van der Waals surface area contributed by atoms with Crippen molar-refractivity contribution in [2.75, 3.05) is 18.6 Å². The van der Waals surface area contributed by atoms with Crippen LogP contribution in [0.15, 0.2) is 24.3 Å². The number of hydrogen-bond donors (Lipinski definition) is 0. The summed E-state index contributed by atoms with van der Waals surface area (Å²) in [5.41, 5.74) is 1.95. The molecule has 0 unspecified atom stereocenters. The number of hydrogen-bond acceptors (Lipinski definition) is 4. The molecule has 0 aliphatic carbocycles. The van der Waals surface area contributed by atoms with Gasteiger partial charge in [-0.25, -0.2) is 0 Å². The zero-order valence-corrected chi connectivity index (χ0v) is 11.6. The van der Waals surface area contributed by atoms with Crippen molar-refractivity contribution in [2.45, 2.75) is 19.8 Å². The number of aryl methyl sites for hydroxylation is 1. The van der Waals surface area contributed by atoms with Gasteiger partial charge >= 0.3 is 5.97 Å². The zero-order chi connectivity index (χ0) is 13.4. The highest BCUT2D eigenvalue weighted by molar-refractivity contribution is 8.00. The van der Waals surface area contributed by atoms with E-state index in [-0.39, 0.29) is 17.5 Å². The van der Waals surface area contributed by atoms with E-state index < -0.39 is 0 Å². The highest BCUT2D eigenvalue weighted by atomic mass is 32.2.